The van der Waals surface area contributed by atoms with Crippen molar-refractivity contribution >= 4 is 31.5 Å². The first-order chi connectivity index (χ1) is 8.29. The molecule has 2 atom stereocenters. The van der Waals surface area contributed by atoms with Crippen molar-refractivity contribution in [2.24, 2.45) is 0 Å². The van der Waals surface area contributed by atoms with Crippen LogP contribution in [-0.4, -0.2) is 28.4 Å². The summed E-state index contributed by atoms with van der Waals surface area (Å²) in [7, 11) is -3.48. The highest BCUT2D eigenvalue weighted by Crippen LogP contribution is 2.29. The number of nitro groups is 1. The fourth-order valence-electron chi connectivity index (χ4n) is 1.33. The van der Waals surface area contributed by atoms with E-state index in [4.69, 9.17) is 0 Å². The fourth-order valence-corrected chi connectivity index (χ4v) is 3.30. The van der Waals surface area contributed by atoms with E-state index < -0.39 is 25.0 Å². The molecule has 0 aliphatic carbocycles. The van der Waals surface area contributed by atoms with Crippen LogP contribution in [0.5, 0.6) is 0 Å². The van der Waals surface area contributed by atoms with Crippen molar-refractivity contribution in [2.45, 2.75) is 17.2 Å². The van der Waals surface area contributed by atoms with E-state index in [0.717, 1.165) is 6.07 Å². The molecule has 0 aliphatic rings. The largest absolute Gasteiger partial charge is 0.386 e. The predicted molar refractivity (Wildman–Crippen MR) is 70.2 cm³/mol. The Morgan fingerprint density at radius 2 is 2.11 bits per heavy atom. The highest BCUT2D eigenvalue weighted by atomic mass is 79.9. The van der Waals surface area contributed by atoms with Gasteiger partial charge in [-0.2, -0.15) is 0 Å². The Kier molecular flexibility index (Phi) is 4.83. The Morgan fingerprint density at radius 3 is 2.61 bits per heavy atom. The number of sulfone groups is 1. The van der Waals surface area contributed by atoms with E-state index >= 15 is 0 Å². The number of aliphatic hydroxyl groups excluding tert-OH is 1. The minimum absolute atomic E-state index is 0.130. The highest BCUT2D eigenvalue weighted by molar-refractivity contribution is 9.11. The summed E-state index contributed by atoms with van der Waals surface area (Å²) in [5, 5.41) is 20.5. The van der Waals surface area contributed by atoms with Gasteiger partial charge in [0.1, 0.15) is 10.3 Å². The van der Waals surface area contributed by atoms with E-state index in [9.17, 15) is 23.6 Å². The van der Waals surface area contributed by atoms with E-state index in [-0.39, 0.29) is 17.0 Å². The molecule has 1 aromatic rings. The Hall–Kier alpha value is -0.990. The summed E-state index contributed by atoms with van der Waals surface area (Å²) < 4.78 is 22.0. The van der Waals surface area contributed by atoms with Crippen LogP contribution in [0.1, 0.15) is 18.6 Å². The monoisotopic (exact) mass is 337 g/mol. The number of non-ortho nitro benzene ring substituents is 1. The third kappa shape index (κ3) is 3.27. The minimum atomic E-state index is -3.48. The SMILES string of the molecule is CCS(=O)(=O)[C@H](Br)[C@H](O)c1cccc([N+](=O)[O-])c1. The predicted octanol–water partition coefficient (Wildman–Crippen LogP) is 1.78. The molecule has 0 amide bonds. The molecule has 0 fully saturated rings. The molecule has 6 nitrogen and oxygen atoms in total. The highest BCUT2D eigenvalue weighted by Gasteiger charge is 2.30. The molecule has 18 heavy (non-hydrogen) atoms. The summed E-state index contributed by atoms with van der Waals surface area (Å²) in [4.78, 5) is 9.99. The van der Waals surface area contributed by atoms with E-state index in [2.05, 4.69) is 15.9 Å². The Balaban J connectivity index is 3.08. The van der Waals surface area contributed by atoms with Crippen LogP contribution in [0.25, 0.3) is 0 Å². The smallest absolute Gasteiger partial charge is 0.269 e. The summed E-state index contributed by atoms with van der Waals surface area (Å²) in [5.74, 6) is -0.130. The van der Waals surface area contributed by atoms with Crippen LogP contribution >= 0.6 is 15.9 Å². The van der Waals surface area contributed by atoms with Crippen molar-refractivity contribution in [1.29, 1.82) is 0 Å². The summed E-state index contributed by atoms with van der Waals surface area (Å²) in [6.45, 7) is 1.46. The molecule has 0 radical (unpaired) electrons. The van der Waals surface area contributed by atoms with Crippen molar-refractivity contribution in [3.63, 3.8) is 0 Å². The van der Waals surface area contributed by atoms with Gasteiger partial charge in [-0.3, -0.25) is 10.1 Å². The maximum atomic E-state index is 11.6. The maximum absolute atomic E-state index is 11.6. The molecule has 0 heterocycles. The second kappa shape index (κ2) is 5.77. The molecule has 8 heteroatoms. The molecule has 0 unspecified atom stereocenters. The quantitative estimate of drug-likeness (QED) is 0.501. The van der Waals surface area contributed by atoms with Crippen LogP contribution in [0.4, 0.5) is 5.69 Å². The first kappa shape index (κ1) is 15.1. The lowest BCUT2D eigenvalue weighted by atomic mass is 10.1. The molecule has 0 bridgehead atoms. The van der Waals surface area contributed by atoms with Gasteiger partial charge in [0, 0.05) is 17.9 Å². The van der Waals surface area contributed by atoms with Gasteiger partial charge in [-0.25, -0.2) is 8.42 Å². The van der Waals surface area contributed by atoms with Crippen molar-refractivity contribution in [3.8, 4) is 0 Å². The van der Waals surface area contributed by atoms with Crippen LogP contribution in [-0.2, 0) is 9.84 Å². The van der Waals surface area contributed by atoms with Gasteiger partial charge in [-0.05, 0) is 5.56 Å². The number of alkyl halides is 1. The summed E-state index contributed by atoms with van der Waals surface area (Å²) in [5.41, 5.74) is -0.0109. The average molecular weight is 338 g/mol. The van der Waals surface area contributed by atoms with Crippen molar-refractivity contribution in [1.82, 2.24) is 0 Å². The number of halogens is 1. The fraction of sp³-hybridized carbons (Fsp3) is 0.400. The molecular formula is C10H12BrNO5S. The van der Waals surface area contributed by atoms with Crippen molar-refractivity contribution < 1.29 is 18.4 Å². The van der Waals surface area contributed by atoms with E-state index in [1.54, 1.807) is 0 Å². The van der Waals surface area contributed by atoms with Crippen LogP contribution in [0.2, 0.25) is 0 Å². The molecule has 0 spiro atoms. The number of aliphatic hydroxyl groups is 1. The molecule has 0 saturated heterocycles. The molecule has 1 N–H and O–H groups in total. The third-order valence-corrected chi connectivity index (χ3v) is 6.37. The number of rotatable bonds is 5. The van der Waals surface area contributed by atoms with E-state index in [1.807, 2.05) is 0 Å². The Morgan fingerprint density at radius 1 is 1.50 bits per heavy atom. The number of nitro benzene ring substituents is 1. The molecule has 100 valence electrons. The molecule has 0 saturated carbocycles. The second-order valence-electron chi connectivity index (χ2n) is 3.60. The van der Waals surface area contributed by atoms with Crippen LogP contribution in [0, 0.1) is 10.1 Å². The standard InChI is InChI=1S/C10H12BrNO5S/c1-2-18(16,17)10(11)9(13)7-4-3-5-8(6-7)12(14)15/h3-6,9-10,13H,2H2,1H3/t9-,10+/m1/s1. The molecular weight excluding hydrogens is 326 g/mol. The van der Waals surface area contributed by atoms with Gasteiger partial charge >= 0.3 is 0 Å². The van der Waals surface area contributed by atoms with Gasteiger partial charge in [0.05, 0.1) is 4.92 Å². The summed E-state index contributed by atoms with van der Waals surface area (Å²) >= 11 is 2.92. The van der Waals surface area contributed by atoms with Gasteiger partial charge in [-0.1, -0.05) is 35.0 Å². The lowest BCUT2D eigenvalue weighted by molar-refractivity contribution is -0.385. The van der Waals surface area contributed by atoms with E-state index in [1.165, 1.54) is 25.1 Å². The van der Waals surface area contributed by atoms with Gasteiger partial charge < -0.3 is 5.11 Å². The molecule has 0 aliphatic heterocycles. The van der Waals surface area contributed by atoms with Crippen LogP contribution in [0.15, 0.2) is 24.3 Å². The van der Waals surface area contributed by atoms with Crippen molar-refractivity contribution in [3.05, 3.63) is 39.9 Å². The van der Waals surface area contributed by atoms with Gasteiger partial charge in [0.25, 0.3) is 5.69 Å². The summed E-state index contributed by atoms with van der Waals surface area (Å²) in [6.07, 6.45) is -1.35. The Labute approximate surface area is 113 Å². The summed E-state index contributed by atoms with van der Waals surface area (Å²) in [6, 6.07) is 5.27. The maximum Gasteiger partial charge on any atom is 0.269 e. The first-order valence-electron chi connectivity index (χ1n) is 5.07. The minimum Gasteiger partial charge on any atom is -0.386 e. The average Bonchev–Trinajstić information content (AvgIpc) is 2.37. The second-order valence-corrected chi connectivity index (χ2v) is 7.60. The number of hydrogen-bond donors (Lipinski definition) is 1. The number of benzene rings is 1. The number of nitrogens with zero attached hydrogens (tertiary/aromatic N) is 1. The number of hydrogen-bond acceptors (Lipinski definition) is 5. The van der Waals surface area contributed by atoms with Crippen LogP contribution in [0.3, 0.4) is 0 Å². The first-order valence-corrected chi connectivity index (χ1v) is 7.70. The zero-order valence-corrected chi connectivity index (χ0v) is 11.9. The van der Waals surface area contributed by atoms with Gasteiger partial charge in [0.15, 0.2) is 9.84 Å². The lowest BCUT2D eigenvalue weighted by Gasteiger charge is -2.17. The molecule has 0 aromatic heterocycles. The zero-order valence-electron chi connectivity index (χ0n) is 9.48. The molecule has 1 rings (SSSR count). The van der Waals surface area contributed by atoms with Gasteiger partial charge in [0.2, 0.25) is 0 Å². The topological polar surface area (TPSA) is 97.5 Å². The van der Waals surface area contributed by atoms with Crippen molar-refractivity contribution in [2.75, 3.05) is 5.75 Å². The third-order valence-electron chi connectivity index (χ3n) is 2.42. The molecule has 1 aromatic carbocycles. The Bertz CT molecular complexity index is 545. The lowest BCUT2D eigenvalue weighted by Crippen LogP contribution is -2.24. The normalized spacial score (nSPS) is 15.1. The van der Waals surface area contributed by atoms with Gasteiger partial charge in [-0.15, -0.1) is 0 Å². The van der Waals surface area contributed by atoms with Crippen LogP contribution < -0.4 is 0 Å². The zero-order chi connectivity index (χ0) is 13.9. The van der Waals surface area contributed by atoms with E-state index in [0.29, 0.717) is 0 Å².